The van der Waals surface area contributed by atoms with E-state index in [0.717, 1.165) is 5.75 Å². The van der Waals surface area contributed by atoms with Crippen LogP contribution in [0.15, 0.2) is 36.7 Å². The Balaban J connectivity index is 1.72. The first-order valence-corrected chi connectivity index (χ1v) is 7.11. The minimum absolute atomic E-state index is 0.0948. The molecule has 19 heavy (non-hydrogen) atoms. The van der Waals surface area contributed by atoms with Crippen molar-refractivity contribution in [3.05, 3.63) is 48.0 Å². The minimum atomic E-state index is 0.0948. The van der Waals surface area contributed by atoms with Crippen molar-refractivity contribution in [2.75, 3.05) is 12.8 Å². The largest absolute Gasteiger partial charge is 0.338 e. The summed E-state index contributed by atoms with van der Waals surface area (Å²) in [6.07, 6.45) is 1.44. The first kappa shape index (κ1) is 13.6. The van der Waals surface area contributed by atoms with Crippen molar-refractivity contribution >= 4 is 17.7 Å². The Labute approximate surface area is 116 Å². The molecule has 6 heteroatoms. The monoisotopic (exact) mass is 276 g/mol. The zero-order valence-corrected chi connectivity index (χ0v) is 11.6. The Kier molecular flexibility index (Phi) is 4.97. The van der Waals surface area contributed by atoms with E-state index in [1.807, 2.05) is 18.2 Å². The minimum Gasteiger partial charge on any atom is -0.338 e. The molecule has 0 spiro atoms. The first-order valence-electron chi connectivity index (χ1n) is 5.95. The van der Waals surface area contributed by atoms with E-state index in [1.165, 1.54) is 11.9 Å². The summed E-state index contributed by atoms with van der Waals surface area (Å²) < 4.78 is 0. The quantitative estimate of drug-likeness (QED) is 0.872. The zero-order valence-electron chi connectivity index (χ0n) is 10.7. The van der Waals surface area contributed by atoms with E-state index in [2.05, 4.69) is 27.3 Å². The molecule has 1 N–H and O–H groups in total. The number of nitrogens with one attached hydrogen (secondary N) is 1. The summed E-state index contributed by atoms with van der Waals surface area (Å²) in [4.78, 5) is 17.6. The summed E-state index contributed by atoms with van der Waals surface area (Å²) in [5.41, 5.74) is 1.23. The lowest BCUT2D eigenvalue weighted by Gasteiger charge is -2.15. The number of H-pyrrole nitrogens is 1. The second-order valence-corrected chi connectivity index (χ2v) is 5.15. The van der Waals surface area contributed by atoms with Crippen LogP contribution in [0, 0.1) is 0 Å². The Morgan fingerprint density at radius 3 is 2.84 bits per heavy atom. The summed E-state index contributed by atoms with van der Waals surface area (Å²) in [5, 5.41) is 6.50. The van der Waals surface area contributed by atoms with Crippen LogP contribution in [-0.4, -0.2) is 38.8 Å². The first-order chi connectivity index (χ1) is 9.25. The van der Waals surface area contributed by atoms with Crippen molar-refractivity contribution in [2.45, 2.75) is 12.3 Å². The molecule has 1 heterocycles. The van der Waals surface area contributed by atoms with Crippen molar-refractivity contribution in [1.29, 1.82) is 0 Å². The number of carbonyl (C=O) groups excluding carboxylic acids is 1. The highest BCUT2D eigenvalue weighted by atomic mass is 32.2. The molecule has 1 aromatic heterocycles. The van der Waals surface area contributed by atoms with Gasteiger partial charge in [0.2, 0.25) is 5.91 Å². The maximum Gasteiger partial charge on any atom is 0.232 e. The number of carbonyl (C=O) groups is 1. The van der Waals surface area contributed by atoms with E-state index in [-0.39, 0.29) is 5.91 Å². The molecule has 0 atom stereocenters. The van der Waals surface area contributed by atoms with Crippen LogP contribution in [0.3, 0.4) is 0 Å². The van der Waals surface area contributed by atoms with E-state index in [0.29, 0.717) is 18.1 Å². The second kappa shape index (κ2) is 6.94. The van der Waals surface area contributed by atoms with Gasteiger partial charge in [-0.3, -0.25) is 9.89 Å². The predicted octanol–water partition coefficient (Wildman–Crippen LogP) is 1.70. The molecule has 100 valence electrons. The van der Waals surface area contributed by atoms with Crippen LogP contribution in [0.1, 0.15) is 11.4 Å². The smallest absolute Gasteiger partial charge is 0.232 e. The molecule has 0 aliphatic carbocycles. The molecular weight excluding hydrogens is 260 g/mol. The average Bonchev–Trinajstić information content (AvgIpc) is 2.92. The molecule has 0 fully saturated rings. The van der Waals surface area contributed by atoms with E-state index in [9.17, 15) is 4.79 Å². The Bertz CT molecular complexity index is 501. The molecule has 2 rings (SSSR count). The highest BCUT2D eigenvalue weighted by Crippen LogP contribution is 2.12. The molecule has 0 saturated heterocycles. The van der Waals surface area contributed by atoms with Gasteiger partial charge in [0.05, 0.1) is 12.3 Å². The van der Waals surface area contributed by atoms with Gasteiger partial charge in [0, 0.05) is 12.8 Å². The Morgan fingerprint density at radius 1 is 1.37 bits per heavy atom. The standard InChI is InChI=1S/C13H16N4OS/c1-17(7-12-14-10-15-16-12)13(18)9-19-8-11-5-3-2-4-6-11/h2-6,10H,7-9H2,1H3,(H,14,15,16). The summed E-state index contributed by atoms with van der Waals surface area (Å²) in [5.74, 6) is 2.11. The third-order valence-electron chi connectivity index (χ3n) is 2.61. The number of thioether (sulfide) groups is 1. The molecule has 0 aliphatic rings. The fourth-order valence-corrected chi connectivity index (χ4v) is 2.49. The van der Waals surface area contributed by atoms with Gasteiger partial charge in [-0.25, -0.2) is 4.98 Å². The molecule has 0 unspecified atom stereocenters. The number of amides is 1. The third kappa shape index (κ3) is 4.40. The highest BCUT2D eigenvalue weighted by molar-refractivity contribution is 7.99. The van der Waals surface area contributed by atoms with Crippen molar-refractivity contribution in [3.63, 3.8) is 0 Å². The van der Waals surface area contributed by atoms with E-state index in [1.54, 1.807) is 23.7 Å². The van der Waals surface area contributed by atoms with Crippen molar-refractivity contribution < 1.29 is 4.79 Å². The maximum absolute atomic E-state index is 11.9. The normalized spacial score (nSPS) is 10.4. The number of hydrogen-bond acceptors (Lipinski definition) is 4. The molecule has 1 aromatic carbocycles. The Morgan fingerprint density at radius 2 is 2.16 bits per heavy atom. The zero-order chi connectivity index (χ0) is 13.5. The lowest BCUT2D eigenvalue weighted by Crippen LogP contribution is -2.28. The van der Waals surface area contributed by atoms with Crippen LogP contribution < -0.4 is 0 Å². The van der Waals surface area contributed by atoms with Crippen LogP contribution in [0.4, 0.5) is 0 Å². The molecule has 0 saturated carbocycles. The molecule has 0 bridgehead atoms. The van der Waals surface area contributed by atoms with Gasteiger partial charge in [-0.15, -0.1) is 11.8 Å². The van der Waals surface area contributed by atoms with Gasteiger partial charge in [0.1, 0.15) is 12.2 Å². The summed E-state index contributed by atoms with van der Waals surface area (Å²) in [6.45, 7) is 0.463. The topological polar surface area (TPSA) is 61.9 Å². The van der Waals surface area contributed by atoms with Crippen LogP contribution >= 0.6 is 11.8 Å². The molecule has 2 aromatic rings. The number of aromatic amines is 1. The molecular formula is C13H16N4OS. The van der Waals surface area contributed by atoms with Gasteiger partial charge in [-0.05, 0) is 5.56 Å². The lowest BCUT2D eigenvalue weighted by atomic mass is 10.2. The van der Waals surface area contributed by atoms with Gasteiger partial charge in [-0.1, -0.05) is 30.3 Å². The van der Waals surface area contributed by atoms with Crippen LogP contribution in [-0.2, 0) is 17.1 Å². The number of benzene rings is 1. The number of rotatable bonds is 6. The van der Waals surface area contributed by atoms with Crippen molar-refractivity contribution in [3.8, 4) is 0 Å². The van der Waals surface area contributed by atoms with Crippen molar-refractivity contribution in [1.82, 2.24) is 20.1 Å². The summed E-state index contributed by atoms with van der Waals surface area (Å²) in [7, 11) is 1.77. The van der Waals surface area contributed by atoms with E-state index in [4.69, 9.17) is 0 Å². The van der Waals surface area contributed by atoms with Gasteiger partial charge >= 0.3 is 0 Å². The SMILES string of the molecule is CN(Cc1ncn[nH]1)C(=O)CSCc1ccccc1. The van der Waals surface area contributed by atoms with Crippen LogP contribution in [0.5, 0.6) is 0 Å². The molecule has 0 aliphatic heterocycles. The molecule has 5 nitrogen and oxygen atoms in total. The lowest BCUT2D eigenvalue weighted by molar-refractivity contribution is -0.127. The van der Waals surface area contributed by atoms with Gasteiger partial charge in [0.25, 0.3) is 0 Å². The van der Waals surface area contributed by atoms with Crippen LogP contribution in [0.25, 0.3) is 0 Å². The predicted molar refractivity (Wildman–Crippen MR) is 75.5 cm³/mol. The highest BCUT2D eigenvalue weighted by Gasteiger charge is 2.10. The fraction of sp³-hybridized carbons (Fsp3) is 0.308. The summed E-state index contributed by atoms with van der Waals surface area (Å²) >= 11 is 1.62. The number of hydrogen-bond donors (Lipinski definition) is 1. The summed E-state index contributed by atoms with van der Waals surface area (Å²) in [6, 6.07) is 10.1. The number of nitrogens with zero attached hydrogens (tertiary/aromatic N) is 3. The fourth-order valence-electron chi connectivity index (χ4n) is 1.56. The average molecular weight is 276 g/mol. The van der Waals surface area contributed by atoms with Crippen LogP contribution in [0.2, 0.25) is 0 Å². The van der Waals surface area contributed by atoms with Gasteiger partial charge < -0.3 is 4.90 Å². The third-order valence-corrected chi connectivity index (χ3v) is 3.60. The van der Waals surface area contributed by atoms with E-state index < -0.39 is 0 Å². The second-order valence-electron chi connectivity index (χ2n) is 4.16. The Hall–Kier alpha value is -1.82. The maximum atomic E-state index is 11.9. The van der Waals surface area contributed by atoms with Crippen molar-refractivity contribution in [2.24, 2.45) is 0 Å². The number of aromatic nitrogens is 3. The van der Waals surface area contributed by atoms with E-state index >= 15 is 0 Å². The molecule has 0 radical (unpaired) electrons. The van der Waals surface area contributed by atoms with Gasteiger partial charge in [0.15, 0.2) is 0 Å². The molecule has 1 amide bonds. The van der Waals surface area contributed by atoms with Gasteiger partial charge in [-0.2, -0.15) is 5.10 Å².